The summed E-state index contributed by atoms with van der Waals surface area (Å²) in [6, 6.07) is 15.7. The van der Waals surface area contributed by atoms with Gasteiger partial charge in [-0.2, -0.15) is 5.10 Å². The van der Waals surface area contributed by atoms with E-state index in [-0.39, 0.29) is 9.99 Å². The number of para-hydroxylation sites is 1. The standard InChI is InChI=1S/C20H21BrN2O2S2/c1-20(26-10-11-27-20)12-19(24)23-22-13-16-4-2-3-5-18(16)25-14-15-6-8-17(21)9-7-15/h2-9,13H,10-12,14H2,1H3,(H,23,24). The Hall–Kier alpha value is -1.44. The Labute approximate surface area is 176 Å². The maximum absolute atomic E-state index is 12.1. The van der Waals surface area contributed by atoms with E-state index >= 15 is 0 Å². The van der Waals surface area contributed by atoms with Gasteiger partial charge in [0.15, 0.2) is 0 Å². The van der Waals surface area contributed by atoms with E-state index in [1.807, 2.05) is 72.1 Å². The molecule has 1 fully saturated rings. The highest BCUT2D eigenvalue weighted by molar-refractivity contribution is 9.10. The molecule has 0 radical (unpaired) electrons. The number of nitrogens with one attached hydrogen (secondary N) is 1. The van der Waals surface area contributed by atoms with Crippen LogP contribution in [0.15, 0.2) is 58.1 Å². The van der Waals surface area contributed by atoms with Crippen LogP contribution in [-0.4, -0.2) is 27.7 Å². The summed E-state index contributed by atoms with van der Waals surface area (Å²) in [5, 5.41) is 4.11. The first-order chi connectivity index (χ1) is 13.0. The van der Waals surface area contributed by atoms with Crippen LogP contribution in [0.4, 0.5) is 0 Å². The predicted molar refractivity (Wildman–Crippen MR) is 119 cm³/mol. The molecule has 0 saturated carbocycles. The molecule has 1 N–H and O–H groups in total. The molecule has 7 heteroatoms. The highest BCUT2D eigenvalue weighted by atomic mass is 79.9. The fourth-order valence-electron chi connectivity index (χ4n) is 2.62. The van der Waals surface area contributed by atoms with Gasteiger partial charge in [-0.25, -0.2) is 5.43 Å². The van der Waals surface area contributed by atoms with Crippen molar-refractivity contribution in [2.24, 2.45) is 5.10 Å². The number of thioether (sulfide) groups is 2. The van der Waals surface area contributed by atoms with E-state index in [0.29, 0.717) is 13.0 Å². The molecule has 0 spiro atoms. The van der Waals surface area contributed by atoms with Gasteiger partial charge in [0.2, 0.25) is 5.91 Å². The van der Waals surface area contributed by atoms with Gasteiger partial charge in [-0.1, -0.05) is 40.2 Å². The lowest BCUT2D eigenvalue weighted by Gasteiger charge is -2.19. The van der Waals surface area contributed by atoms with Crippen LogP contribution in [0.5, 0.6) is 5.75 Å². The molecule has 2 aromatic carbocycles. The third-order valence-electron chi connectivity index (χ3n) is 4.00. The number of hydrogen-bond acceptors (Lipinski definition) is 5. The summed E-state index contributed by atoms with van der Waals surface area (Å²) in [6.45, 7) is 2.58. The normalized spacial score (nSPS) is 15.8. The van der Waals surface area contributed by atoms with Gasteiger partial charge in [0, 0.05) is 21.5 Å². The molecular weight excluding hydrogens is 444 g/mol. The number of hydrazone groups is 1. The monoisotopic (exact) mass is 464 g/mol. The zero-order valence-corrected chi connectivity index (χ0v) is 18.2. The number of amides is 1. The van der Waals surface area contributed by atoms with Crippen LogP contribution in [0, 0.1) is 0 Å². The molecule has 0 aliphatic carbocycles. The van der Waals surface area contributed by atoms with Crippen LogP contribution in [0.25, 0.3) is 0 Å². The first-order valence-corrected chi connectivity index (χ1v) is 11.4. The smallest absolute Gasteiger partial charge is 0.242 e. The van der Waals surface area contributed by atoms with E-state index in [1.165, 1.54) is 0 Å². The molecule has 1 amide bonds. The van der Waals surface area contributed by atoms with Crippen LogP contribution < -0.4 is 10.2 Å². The van der Waals surface area contributed by atoms with Crippen LogP contribution >= 0.6 is 39.5 Å². The second kappa shape index (κ2) is 9.66. The summed E-state index contributed by atoms with van der Waals surface area (Å²) in [5.74, 6) is 2.86. The molecular formula is C20H21BrN2O2S2. The number of hydrogen-bond donors (Lipinski definition) is 1. The van der Waals surface area contributed by atoms with Gasteiger partial charge in [-0.15, -0.1) is 23.5 Å². The van der Waals surface area contributed by atoms with Crippen molar-refractivity contribution < 1.29 is 9.53 Å². The second-order valence-electron chi connectivity index (χ2n) is 6.25. The van der Waals surface area contributed by atoms with Crippen LogP contribution in [0.2, 0.25) is 0 Å². The molecule has 3 rings (SSSR count). The quantitative estimate of drug-likeness (QED) is 0.459. The topological polar surface area (TPSA) is 50.7 Å². The van der Waals surface area contributed by atoms with E-state index in [0.717, 1.165) is 32.9 Å². The fourth-order valence-corrected chi connectivity index (χ4v) is 5.72. The number of carbonyl (C=O) groups excluding carboxylic acids is 1. The van der Waals surface area contributed by atoms with Crippen molar-refractivity contribution in [1.82, 2.24) is 5.43 Å². The molecule has 142 valence electrons. The summed E-state index contributed by atoms with van der Waals surface area (Å²) < 4.78 is 6.92. The van der Waals surface area contributed by atoms with Crippen LogP contribution in [-0.2, 0) is 11.4 Å². The maximum Gasteiger partial charge on any atom is 0.242 e. The van der Waals surface area contributed by atoms with Crippen molar-refractivity contribution in [1.29, 1.82) is 0 Å². The maximum atomic E-state index is 12.1. The summed E-state index contributed by atoms with van der Waals surface area (Å²) >= 11 is 7.10. The van der Waals surface area contributed by atoms with Gasteiger partial charge in [0.05, 0.1) is 16.7 Å². The van der Waals surface area contributed by atoms with E-state index < -0.39 is 0 Å². The van der Waals surface area contributed by atoms with E-state index in [2.05, 4.69) is 33.4 Å². The van der Waals surface area contributed by atoms with Crippen molar-refractivity contribution in [3.8, 4) is 5.75 Å². The SMILES string of the molecule is CC1(CC(=O)NN=Cc2ccccc2OCc2ccc(Br)cc2)SCCS1. The number of carbonyl (C=O) groups is 1. The highest BCUT2D eigenvalue weighted by Crippen LogP contribution is 2.45. The Bertz CT molecular complexity index is 806. The minimum atomic E-state index is -0.0658. The summed E-state index contributed by atoms with van der Waals surface area (Å²) in [4.78, 5) is 12.1. The third-order valence-corrected chi connectivity index (χ3v) is 7.82. The lowest BCUT2D eigenvalue weighted by atomic mass is 10.2. The lowest BCUT2D eigenvalue weighted by Crippen LogP contribution is -2.26. The molecule has 27 heavy (non-hydrogen) atoms. The van der Waals surface area contributed by atoms with Gasteiger partial charge in [0.25, 0.3) is 0 Å². The van der Waals surface area contributed by atoms with E-state index in [1.54, 1.807) is 6.21 Å². The minimum absolute atomic E-state index is 0.0364. The zero-order valence-electron chi connectivity index (χ0n) is 15.0. The summed E-state index contributed by atoms with van der Waals surface area (Å²) in [6.07, 6.45) is 2.09. The molecule has 4 nitrogen and oxygen atoms in total. The average Bonchev–Trinajstić information content (AvgIpc) is 3.08. The Morgan fingerprint density at radius 1 is 1.22 bits per heavy atom. The largest absolute Gasteiger partial charge is 0.488 e. The Balaban J connectivity index is 1.55. The first kappa shape index (κ1) is 20.3. The number of halogens is 1. The molecule has 1 heterocycles. The Kier molecular flexibility index (Phi) is 7.26. The number of rotatable bonds is 7. The Morgan fingerprint density at radius 3 is 2.67 bits per heavy atom. The summed E-state index contributed by atoms with van der Waals surface area (Å²) in [7, 11) is 0. The second-order valence-corrected chi connectivity index (χ2v) is 10.6. The number of ether oxygens (including phenoxy) is 1. The van der Waals surface area contributed by atoms with E-state index in [9.17, 15) is 4.79 Å². The summed E-state index contributed by atoms with van der Waals surface area (Å²) in [5.41, 5.74) is 4.54. The van der Waals surface area contributed by atoms with Gasteiger partial charge in [-0.3, -0.25) is 4.79 Å². The van der Waals surface area contributed by atoms with E-state index in [4.69, 9.17) is 4.74 Å². The zero-order chi connectivity index (χ0) is 19.1. The molecule has 2 aromatic rings. The fraction of sp³-hybridized carbons (Fsp3) is 0.300. The molecule has 0 atom stereocenters. The van der Waals surface area contributed by atoms with Crippen LogP contribution in [0.3, 0.4) is 0 Å². The van der Waals surface area contributed by atoms with Crippen molar-refractivity contribution in [3.63, 3.8) is 0 Å². The van der Waals surface area contributed by atoms with Crippen LogP contribution in [0.1, 0.15) is 24.5 Å². The first-order valence-electron chi connectivity index (χ1n) is 8.60. The van der Waals surface area contributed by atoms with Gasteiger partial charge >= 0.3 is 0 Å². The number of benzene rings is 2. The van der Waals surface area contributed by atoms with Crippen molar-refractivity contribution in [3.05, 3.63) is 64.1 Å². The van der Waals surface area contributed by atoms with Crippen molar-refractivity contribution >= 4 is 51.6 Å². The molecule has 0 unspecified atom stereocenters. The average molecular weight is 465 g/mol. The Morgan fingerprint density at radius 2 is 1.93 bits per heavy atom. The predicted octanol–water partition coefficient (Wildman–Crippen LogP) is 5.06. The van der Waals surface area contributed by atoms with Gasteiger partial charge in [0.1, 0.15) is 12.4 Å². The van der Waals surface area contributed by atoms with Gasteiger partial charge in [-0.05, 0) is 36.8 Å². The molecule has 1 aliphatic rings. The molecule has 1 saturated heterocycles. The third kappa shape index (κ3) is 6.30. The van der Waals surface area contributed by atoms with Crippen molar-refractivity contribution in [2.45, 2.75) is 24.0 Å². The molecule has 1 aliphatic heterocycles. The lowest BCUT2D eigenvalue weighted by molar-refractivity contribution is -0.121. The van der Waals surface area contributed by atoms with Crippen molar-refractivity contribution in [2.75, 3.05) is 11.5 Å². The number of nitrogens with zero attached hydrogens (tertiary/aromatic N) is 1. The van der Waals surface area contributed by atoms with Gasteiger partial charge < -0.3 is 4.74 Å². The minimum Gasteiger partial charge on any atom is -0.488 e. The molecule has 0 aromatic heterocycles. The highest BCUT2D eigenvalue weighted by Gasteiger charge is 2.32. The molecule has 0 bridgehead atoms.